The molecule has 1 fully saturated rings. The van der Waals surface area contributed by atoms with Crippen molar-refractivity contribution in [1.82, 2.24) is 4.90 Å². The van der Waals surface area contributed by atoms with Crippen LogP contribution in [0.3, 0.4) is 0 Å². The van der Waals surface area contributed by atoms with Gasteiger partial charge in [-0.25, -0.2) is 4.79 Å². The molecule has 1 unspecified atom stereocenters. The molecular formula is C24H27BrClNO3. The minimum absolute atomic E-state index is 0. The first-order chi connectivity index (χ1) is 14.0. The highest BCUT2D eigenvalue weighted by molar-refractivity contribution is 9.10. The summed E-state index contributed by atoms with van der Waals surface area (Å²) >= 11 is 3.55. The third-order valence-electron chi connectivity index (χ3n) is 5.81. The summed E-state index contributed by atoms with van der Waals surface area (Å²) < 4.78 is 12.7. The van der Waals surface area contributed by atoms with E-state index < -0.39 is 0 Å². The van der Waals surface area contributed by atoms with Crippen LogP contribution in [0.4, 0.5) is 0 Å². The van der Waals surface area contributed by atoms with Crippen LogP contribution in [0, 0.1) is 19.8 Å². The summed E-state index contributed by atoms with van der Waals surface area (Å²) in [6, 6.07) is 14.3. The molecule has 30 heavy (non-hydrogen) atoms. The molecule has 0 amide bonds. The van der Waals surface area contributed by atoms with Gasteiger partial charge in [0.2, 0.25) is 0 Å². The SMILES string of the molecule is Cc1c(C)c2ccc(OCC3CCCN(Cc4cccc(Br)c4)C3)cc2oc1=O.Cl. The van der Waals surface area contributed by atoms with E-state index in [-0.39, 0.29) is 18.0 Å². The Balaban J connectivity index is 0.00000256. The minimum Gasteiger partial charge on any atom is -0.493 e. The quantitative estimate of drug-likeness (QED) is 0.417. The molecule has 0 bridgehead atoms. The number of halogens is 2. The van der Waals surface area contributed by atoms with Gasteiger partial charge in [0.15, 0.2) is 0 Å². The maximum absolute atomic E-state index is 12.0. The number of benzene rings is 2. The number of nitrogens with zero attached hydrogens (tertiary/aromatic N) is 1. The lowest BCUT2D eigenvalue weighted by atomic mass is 9.98. The summed E-state index contributed by atoms with van der Waals surface area (Å²) in [6.07, 6.45) is 2.36. The molecule has 1 aromatic heterocycles. The molecule has 4 nitrogen and oxygen atoms in total. The van der Waals surface area contributed by atoms with E-state index in [4.69, 9.17) is 9.15 Å². The van der Waals surface area contributed by atoms with E-state index in [1.807, 2.05) is 25.1 Å². The molecule has 1 aliphatic rings. The summed E-state index contributed by atoms with van der Waals surface area (Å²) in [4.78, 5) is 14.5. The molecule has 1 aliphatic heterocycles. The van der Waals surface area contributed by atoms with E-state index >= 15 is 0 Å². The van der Waals surface area contributed by atoms with Crippen LogP contribution in [0.2, 0.25) is 0 Å². The Morgan fingerprint density at radius 3 is 2.80 bits per heavy atom. The lowest BCUT2D eigenvalue weighted by Crippen LogP contribution is -2.37. The van der Waals surface area contributed by atoms with Crippen molar-refractivity contribution in [3.05, 3.63) is 74.0 Å². The first-order valence-corrected chi connectivity index (χ1v) is 10.9. The second kappa shape index (κ2) is 9.99. The maximum atomic E-state index is 12.0. The van der Waals surface area contributed by atoms with Crippen LogP contribution < -0.4 is 10.4 Å². The van der Waals surface area contributed by atoms with Gasteiger partial charge in [-0.3, -0.25) is 4.90 Å². The lowest BCUT2D eigenvalue weighted by Gasteiger charge is -2.32. The molecule has 1 atom stereocenters. The fourth-order valence-electron chi connectivity index (χ4n) is 4.06. The number of hydrogen-bond acceptors (Lipinski definition) is 4. The first kappa shape index (κ1) is 22.9. The molecule has 2 heterocycles. The predicted molar refractivity (Wildman–Crippen MR) is 127 cm³/mol. The van der Waals surface area contributed by atoms with Gasteiger partial charge >= 0.3 is 5.63 Å². The smallest absolute Gasteiger partial charge is 0.339 e. The van der Waals surface area contributed by atoms with Gasteiger partial charge in [-0.1, -0.05) is 28.1 Å². The van der Waals surface area contributed by atoms with Crippen molar-refractivity contribution in [2.75, 3.05) is 19.7 Å². The number of fused-ring (bicyclic) bond motifs is 1. The van der Waals surface area contributed by atoms with Crippen molar-refractivity contribution in [1.29, 1.82) is 0 Å². The lowest BCUT2D eigenvalue weighted by molar-refractivity contribution is 0.125. The van der Waals surface area contributed by atoms with Crippen LogP contribution in [0.1, 0.15) is 29.5 Å². The summed E-state index contributed by atoms with van der Waals surface area (Å²) in [5, 5.41) is 0.965. The molecule has 3 aromatic rings. The number of aryl methyl sites for hydroxylation is 1. The van der Waals surface area contributed by atoms with Gasteiger partial charge < -0.3 is 9.15 Å². The monoisotopic (exact) mass is 491 g/mol. The van der Waals surface area contributed by atoms with Crippen LogP contribution >= 0.6 is 28.3 Å². The normalized spacial score (nSPS) is 17.0. The van der Waals surface area contributed by atoms with E-state index in [0.717, 1.165) is 40.8 Å². The maximum Gasteiger partial charge on any atom is 0.339 e. The van der Waals surface area contributed by atoms with E-state index in [9.17, 15) is 4.79 Å². The van der Waals surface area contributed by atoms with Crippen LogP contribution in [0.5, 0.6) is 5.75 Å². The summed E-state index contributed by atoms with van der Waals surface area (Å²) in [5.74, 6) is 1.26. The Kier molecular flexibility index (Phi) is 7.61. The Morgan fingerprint density at radius 2 is 2.00 bits per heavy atom. The second-order valence-corrected chi connectivity index (χ2v) is 8.90. The zero-order valence-corrected chi connectivity index (χ0v) is 19.7. The number of ether oxygens (including phenoxy) is 1. The molecule has 160 valence electrons. The molecule has 0 N–H and O–H groups in total. The van der Waals surface area contributed by atoms with Gasteiger partial charge in [0.25, 0.3) is 0 Å². The molecule has 0 aliphatic carbocycles. The molecule has 0 radical (unpaired) electrons. The average molecular weight is 493 g/mol. The van der Waals surface area contributed by atoms with E-state index in [2.05, 4.69) is 45.1 Å². The van der Waals surface area contributed by atoms with Crippen molar-refractivity contribution >= 4 is 39.3 Å². The van der Waals surface area contributed by atoms with Gasteiger partial charge in [-0.2, -0.15) is 0 Å². The van der Waals surface area contributed by atoms with Crippen molar-refractivity contribution in [2.24, 2.45) is 5.92 Å². The average Bonchev–Trinajstić information content (AvgIpc) is 2.71. The Labute approximate surface area is 191 Å². The van der Waals surface area contributed by atoms with Crippen molar-refractivity contribution < 1.29 is 9.15 Å². The number of piperidine rings is 1. The third-order valence-corrected chi connectivity index (χ3v) is 6.31. The van der Waals surface area contributed by atoms with E-state index in [1.54, 1.807) is 6.92 Å². The molecule has 0 saturated carbocycles. The van der Waals surface area contributed by atoms with Crippen LogP contribution in [0.25, 0.3) is 11.0 Å². The topological polar surface area (TPSA) is 42.7 Å². The molecule has 6 heteroatoms. The van der Waals surface area contributed by atoms with Crippen molar-refractivity contribution in [3.8, 4) is 5.75 Å². The van der Waals surface area contributed by atoms with Gasteiger partial charge in [0.05, 0.1) is 6.61 Å². The number of rotatable bonds is 5. The molecule has 2 aromatic carbocycles. The highest BCUT2D eigenvalue weighted by Gasteiger charge is 2.21. The highest BCUT2D eigenvalue weighted by atomic mass is 79.9. The first-order valence-electron chi connectivity index (χ1n) is 10.1. The third kappa shape index (κ3) is 5.26. The fraction of sp³-hybridized carbons (Fsp3) is 0.375. The van der Waals surface area contributed by atoms with Gasteiger partial charge in [0, 0.05) is 40.5 Å². The molecular weight excluding hydrogens is 466 g/mol. The van der Waals surface area contributed by atoms with Crippen LogP contribution in [0.15, 0.2) is 56.1 Å². The largest absolute Gasteiger partial charge is 0.493 e. The Bertz CT molecular complexity index is 1080. The molecule has 1 saturated heterocycles. The highest BCUT2D eigenvalue weighted by Crippen LogP contribution is 2.26. The second-order valence-electron chi connectivity index (χ2n) is 7.98. The molecule has 4 rings (SSSR count). The number of hydrogen-bond donors (Lipinski definition) is 0. The van der Waals surface area contributed by atoms with Crippen molar-refractivity contribution in [2.45, 2.75) is 33.2 Å². The van der Waals surface area contributed by atoms with E-state index in [0.29, 0.717) is 23.7 Å². The number of likely N-dealkylation sites (tertiary alicyclic amines) is 1. The van der Waals surface area contributed by atoms with Gasteiger partial charge in [0.1, 0.15) is 11.3 Å². The van der Waals surface area contributed by atoms with Crippen molar-refractivity contribution in [3.63, 3.8) is 0 Å². The standard InChI is InChI=1S/C24H26BrNO3.ClH/c1-16-17(2)24(27)29-23-12-21(8-9-22(16)23)28-15-19-6-4-10-26(14-19)13-18-5-3-7-20(25)11-18;/h3,5,7-9,11-12,19H,4,6,10,13-15H2,1-2H3;1H. The van der Waals surface area contributed by atoms with Crippen LogP contribution in [-0.2, 0) is 6.54 Å². The Morgan fingerprint density at radius 1 is 1.17 bits per heavy atom. The summed E-state index contributed by atoms with van der Waals surface area (Å²) in [6.45, 7) is 7.56. The summed E-state index contributed by atoms with van der Waals surface area (Å²) in [7, 11) is 0. The Hall–Kier alpha value is -1.82. The predicted octanol–water partition coefficient (Wildman–Crippen LogP) is 5.89. The van der Waals surface area contributed by atoms with Crippen LogP contribution in [-0.4, -0.2) is 24.6 Å². The zero-order chi connectivity index (χ0) is 20.4. The van der Waals surface area contributed by atoms with Gasteiger partial charge in [-0.05, 0) is 68.6 Å². The minimum atomic E-state index is -0.275. The molecule has 0 spiro atoms. The van der Waals surface area contributed by atoms with Gasteiger partial charge in [-0.15, -0.1) is 12.4 Å². The van der Waals surface area contributed by atoms with E-state index in [1.165, 1.54) is 18.4 Å². The fourth-order valence-corrected chi connectivity index (χ4v) is 4.50. The zero-order valence-electron chi connectivity index (χ0n) is 17.3. The summed E-state index contributed by atoms with van der Waals surface area (Å²) in [5.41, 5.74) is 3.28.